The second-order valence-corrected chi connectivity index (χ2v) is 4.97. The summed E-state index contributed by atoms with van der Waals surface area (Å²) in [6.07, 6.45) is 2.71. The molecule has 2 aliphatic heterocycles. The molecular weight excluding hydrogens is 178 g/mol. The van der Waals surface area contributed by atoms with Gasteiger partial charge in [-0.3, -0.25) is 0 Å². The predicted molar refractivity (Wildman–Crippen MR) is 55.4 cm³/mol. The average Bonchev–Trinajstić information content (AvgIpc) is 2.73. The van der Waals surface area contributed by atoms with Gasteiger partial charge < -0.3 is 14.8 Å². The molecule has 2 aliphatic rings. The maximum atomic E-state index is 5.52. The quantitative estimate of drug-likeness (QED) is 0.740. The summed E-state index contributed by atoms with van der Waals surface area (Å²) in [6.45, 7) is 8.25. The van der Waals surface area contributed by atoms with E-state index in [1.165, 1.54) is 6.42 Å². The molecule has 0 spiro atoms. The minimum absolute atomic E-state index is 0.350. The molecule has 0 radical (unpaired) electrons. The SMILES string of the molecule is CC1OCCC1NCC1(C)CCOC1. The van der Waals surface area contributed by atoms with Crippen LogP contribution < -0.4 is 5.32 Å². The highest BCUT2D eigenvalue weighted by atomic mass is 16.5. The zero-order valence-electron chi connectivity index (χ0n) is 9.21. The summed E-state index contributed by atoms with van der Waals surface area (Å²) in [5, 5.41) is 3.61. The topological polar surface area (TPSA) is 30.5 Å². The van der Waals surface area contributed by atoms with Crippen LogP contribution in [0.25, 0.3) is 0 Å². The number of nitrogens with one attached hydrogen (secondary N) is 1. The zero-order chi connectivity index (χ0) is 10.0. The largest absolute Gasteiger partial charge is 0.381 e. The van der Waals surface area contributed by atoms with Crippen molar-refractivity contribution in [2.24, 2.45) is 5.41 Å². The summed E-state index contributed by atoms with van der Waals surface area (Å²) in [7, 11) is 0. The van der Waals surface area contributed by atoms with Gasteiger partial charge in [0, 0.05) is 31.2 Å². The smallest absolute Gasteiger partial charge is 0.0700 e. The normalized spacial score (nSPS) is 43.3. The molecule has 0 saturated carbocycles. The highest BCUT2D eigenvalue weighted by Gasteiger charge is 2.32. The van der Waals surface area contributed by atoms with Gasteiger partial charge in [0.05, 0.1) is 12.7 Å². The fraction of sp³-hybridized carbons (Fsp3) is 1.00. The summed E-state index contributed by atoms with van der Waals surface area (Å²) < 4.78 is 11.0. The minimum atomic E-state index is 0.350. The molecule has 2 rings (SSSR count). The first kappa shape index (κ1) is 10.4. The van der Waals surface area contributed by atoms with E-state index < -0.39 is 0 Å². The summed E-state index contributed by atoms with van der Waals surface area (Å²) in [5.41, 5.74) is 0.350. The summed E-state index contributed by atoms with van der Waals surface area (Å²) in [5.74, 6) is 0. The summed E-state index contributed by atoms with van der Waals surface area (Å²) in [4.78, 5) is 0. The number of hydrogen-bond acceptors (Lipinski definition) is 3. The van der Waals surface area contributed by atoms with E-state index in [2.05, 4.69) is 19.2 Å². The number of rotatable bonds is 3. The molecular formula is C11H21NO2. The van der Waals surface area contributed by atoms with E-state index in [0.29, 0.717) is 17.6 Å². The highest BCUT2D eigenvalue weighted by Crippen LogP contribution is 2.27. The molecule has 82 valence electrons. The van der Waals surface area contributed by atoms with Crippen molar-refractivity contribution in [1.82, 2.24) is 5.32 Å². The minimum Gasteiger partial charge on any atom is -0.381 e. The molecule has 0 aromatic rings. The van der Waals surface area contributed by atoms with Gasteiger partial charge in [-0.1, -0.05) is 6.92 Å². The van der Waals surface area contributed by atoms with E-state index in [-0.39, 0.29) is 0 Å². The predicted octanol–water partition coefficient (Wildman–Crippen LogP) is 1.18. The van der Waals surface area contributed by atoms with Gasteiger partial charge in [0.25, 0.3) is 0 Å². The first-order chi connectivity index (χ1) is 6.70. The molecule has 2 heterocycles. The van der Waals surface area contributed by atoms with Crippen LogP contribution in [0.3, 0.4) is 0 Å². The van der Waals surface area contributed by atoms with Crippen LogP contribution in [0.5, 0.6) is 0 Å². The van der Waals surface area contributed by atoms with Crippen molar-refractivity contribution in [3.8, 4) is 0 Å². The molecule has 3 atom stereocenters. The van der Waals surface area contributed by atoms with E-state index in [0.717, 1.165) is 32.8 Å². The van der Waals surface area contributed by atoms with Crippen molar-refractivity contribution in [3.05, 3.63) is 0 Å². The Morgan fingerprint density at radius 2 is 2.29 bits per heavy atom. The van der Waals surface area contributed by atoms with Crippen LogP contribution in [-0.2, 0) is 9.47 Å². The first-order valence-electron chi connectivity index (χ1n) is 5.62. The first-order valence-corrected chi connectivity index (χ1v) is 5.62. The van der Waals surface area contributed by atoms with Crippen LogP contribution in [0, 0.1) is 5.41 Å². The Morgan fingerprint density at radius 1 is 1.43 bits per heavy atom. The Hall–Kier alpha value is -0.120. The molecule has 0 aromatic carbocycles. The van der Waals surface area contributed by atoms with Crippen LogP contribution in [0.4, 0.5) is 0 Å². The van der Waals surface area contributed by atoms with E-state index >= 15 is 0 Å². The van der Waals surface area contributed by atoms with Gasteiger partial charge in [-0.25, -0.2) is 0 Å². The molecule has 3 heteroatoms. The molecule has 0 aliphatic carbocycles. The monoisotopic (exact) mass is 199 g/mol. The zero-order valence-corrected chi connectivity index (χ0v) is 9.21. The lowest BCUT2D eigenvalue weighted by molar-refractivity contribution is 0.108. The molecule has 2 saturated heterocycles. The fourth-order valence-electron chi connectivity index (χ4n) is 2.23. The van der Waals surface area contributed by atoms with E-state index in [4.69, 9.17) is 9.47 Å². The third-order valence-corrected chi connectivity index (χ3v) is 3.47. The second kappa shape index (κ2) is 4.17. The average molecular weight is 199 g/mol. The van der Waals surface area contributed by atoms with Crippen molar-refractivity contribution >= 4 is 0 Å². The third kappa shape index (κ3) is 2.27. The van der Waals surface area contributed by atoms with Crippen LogP contribution in [0.1, 0.15) is 26.7 Å². The maximum absolute atomic E-state index is 5.52. The van der Waals surface area contributed by atoms with Crippen molar-refractivity contribution in [2.75, 3.05) is 26.4 Å². The highest BCUT2D eigenvalue weighted by molar-refractivity contribution is 4.85. The van der Waals surface area contributed by atoms with Crippen LogP contribution in [0.15, 0.2) is 0 Å². The van der Waals surface area contributed by atoms with Crippen LogP contribution in [-0.4, -0.2) is 38.5 Å². The van der Waals surface area contributed by atoms with Crippen molar-refractivity contribution in [1.29, 1.82) is 0 Å². The van der Waals surface area contributed by atoms with Crippen LogP contribution >= 0.6 is 0 Å². The Balaban J connectivity index is 1.75. The lowest BCUT2D eigenvalue weighted by Crippen LogP contribution is -2.41. The molecule has 3 unspecified atom stereocenters. The molecule has 0 amide bonds. The van der Waals surface area contributed by atoms with Gasteiger partial charge in [-0.2, -0.15) is 0 Å². The lowest BCUT2D eigenvalue weighted by Gasteiger charge is -2.25. The van der Waals surface area contributed by atoms with Crippen molar-refractivity contribution < 1.29 is 9.47 Å². The van der Waals surface area contributed by atoms with E-state index in [1.807, 2.05) is 0 Å². The molecule has 2 fully saturated rings. The molecule has 3 nitrogen and oxygen atoms in total. The fourth-order valence-corrected chi connectivity index (χ4v) is 2.23. The number of hydrogen-bond donors (Lipinski definition) is 1. The van der Waals surface area contributed by atoms with Gasteiger partial charge in [0.1, 0.15) is 0 Å². The Bertz CT molecular complexity index is 190. The number of ether oxygens (including phenoxy) is 2. The van der Waals surface area contributed by atoms with Gasteiger partial charge >= 0.3 is 0 Å². The van der Waals surface area contributed by atoms with Gasteiger partial charge in [-0.15, -0.1) is 0 Å². The molecule has 0 bridgehead atoms. The van der Waals surface area contributed by atoms with Gasteiger partial charge in [-0.05, 0) is 19.8 Å². The standard InChI is InChI=1S/C11H21NO2/c1-9-10(3-5-14-9)12-7-11(2)4-6-13-8-11/h9-10,12H,3-8H2,1-2H3. The lowest BCUT2D eigenvalue weighted by atomic mass is 9.89. The van der Waals surface area contributed by atoms with Crippen molar-refractivity contribution in [3.63, 3.8) is 0 Å². The van der Waals surface area contributed by atoms with E-state index in [1.54, 1.807) is 0 Å². The van der Waals surface area contributed by atoms with E-state index in [9.17, 15) is 0 Å². The Morgan fingerprint density at radius 3 is 2.86 bits per heavy atom. The maximum Gasteiger partial charge on any atom is 0.0700 e. The van der Waals surface area contributed by atoms with Crippen LogP contribution in [0.2, 0.25) is 0 Å². The summed E-state index contributed by atoms with van der Waals surface area (Å²) in [6, 6.07) is 0.549. The van der Waals surface area contributed by atoms with Gasteiger partial charge in [0.2, 0.25) is 0 Å². The Labute approximate surface area is 86.2 Å². The molecule has 1 N–H and O–H groups in total. The van der Waals surface area contributed by atoms with Gasteiger partial charge in [0.15, 0.2) is 0 Å². The third-order valence-electron chi connectivity index (χ3n) is 3.47. The molecule has 0 aromatic heterocycles. The second-order valence-electron chi connectivity index (χ2n) is 4.97. The summed E-state index contributed by atoms with van der Waals surface area (Å²) >= 11 is 0. The Kier molecular flexibility index (Phi) is 3.10. The van der Waals surface area contributed by atoms with Crippen molar-refractivity contribution in [2.45, 2.75) is 38.8 Å². The molecule has 14 heavy (non-hydrogen) atoms.